The molecule has 0 aliphatic heterocycles. The standard InChI is InChI=1S/C8H6ClNO4S/c1-13-8-6-3-2-5(15(9,11)12)4-7(6)14-10-8/h2-4H,1H3. The predicted octanol–water partition coefficient (Wildman–Crippen LogP) is 1.76. The zero-order chi connectivity index (χ0) is 11.1. The fourth-order valence-electron chi connectivity index (χ4n) is 1.19. The third kappa shape index (κ3) is 1.78. The third-order valence-electron chi connectivity index (χ3n) is 1.89. The second-order valence-corrected chi connectivity index (χ2v) is 5.35. The molecule has 0 saturated heterocycles. The molecule has 0 atom stereocenters. The van der Waals surface area contributed by atoms with Gasteiger partial charge >= 0.3 is 0 Å². The first-order chi connectivity index (χ1) is 7.02. The van der Waals surface area contributed by atoms with Crippen LogP contribution in [0.3, 0.4) is 0 Å². The molecule has 0 spiro atoms. The fourth-order valence-corrected chi connectivity index (χ4v) is 1.96. The largest absolute Gasteiger partial charge is 0.478 e. The zero-order valence-electron chi connectivity index (χ0n) is 7.60. The van der Waals surface area contributed by atoms with E-state index in [2.05, 4.69) is 5.16 Å². The lowest BCUT2D eigenvalue weighted by atomic mass is 10.3. The number of hydrogen-bond donors (Lipinski definition) is 0. The Balaban J connectivity index is 2.69. The maximum atomic E-state index is 11.0. The molecule has 2 aromatic rings. The molecule has 0 fully saturated rings. The molecule has 0 unspecified atom stereocenters. The van der Waals surface area contributed by atoms with E-state index in [1.165, 1.54) is 25.3 Å². The van der Waals surface area contributed by atoms with Crippen LogP contribution in [-0.4, -0.2) is 20.7 Å². The summed E-state index contributed by atoms with van der Waals surface area (Å²) in [5.74, 6) is 0.309. The fraction of sp³-hybridized carbons (Fsp3) is 0.125. The average Bonchev–Trinajstić information content (AvgIpc) is 2.58. The molecule has 0 bridgehead atoms. The molecule has 0 N–H and O–H groups in total. The van der Waals surface area contributed by atoms with Gasteiger partial charge in [-0.25, -0.2) is 8.42 Å². The summed E-state index contributed by atoms with van der Waals surface area (Å²) >= 11 is 0. The van der Waals surface area contributed by atoms with Crippen LogP contribution in [0.5, 0.6) is 5.88 Å². The lowest BCUT2D eigenvalue weighted by Crippen LogP contribution is -1.89. The van der Waals surface area contributed by atoms with Crippen molar-refractivity contribution >= 4 is 30.7 Å². The van der Waals surface area contributed by atoms with Gasteiger partial charge in [-0.2, -0.15) is 0 Å². The SMILES string of the molecule is COc1noc2cc(S(=O)(=O)Cl)ccc12. The van der Waals surface area contributed by atoms with Crippen LogP contribution in [0.1, 0.15) is 0 Å². The van der Waals surface area contributed by atoms with Gasteiger partial charge in [0.05, 0.1) is 17.4 Å². The molecule has 5 nitrogen and oxygen atoms in total. The first-order valence-electron chi connectivity index (χ1n) is 3.90. The summed E-state index contributed by atoms with van der Waals surface area (Å²) in [4.78, 5) is -0.0320. The molecule has 80 valence electrons. The van der Waals surface area contributed by atoms with Gasteiger partial charge < -0.3 is 9.26 Å². The van der Waals surface area contributed by atoms with E-state index in [9.17, 15) is 8.42 Å². The smallest absolute Gasteiger partial charge is 0.261 e. The Labute approximate surface area is 90.0 Å². The molecule has 0 amide bonds. The molecule has 0 saturated carbocycles. The third-order valence-corrected chi connectivity index (χ3v) is 3.24. The van der Waals surface area contributed by atoms with Crippen LogP contribution in [0.15, 0.2) is 27.6 Å². The molecule has 15 heavy (non-hydrogen) atoms. The molecular weight excluding hydrogens is 242 g/mol. The van der Waals surface area contributed by atoms with Crippen molar-refractivity contribution < 1.29 is 17.7 Å². The van der Waals surface area contributed by atoms with Crippen LogP contribution in [0.25, 0.3) is 11.0 Å². The summed E-state index contributed by atoms with van der Waals surface area (Å²) in [5, 5.41) is 4.20. The molecular formula is C8H6ClNO4S. The highest BCUT2D eigenvalue weighted by atomic mass is 35.7. The van der Waals surface area contributed by atoms with Crippen molar-refractivity contribution in [2.24, 2.45) is 0 Å². The number of hydrogen-bond acceptors (Lipinski definition) is 5. The van der Waals surface area contributed by atoms with E-state index in [-0.39, 0.29) is 4.90 Å². The van der Waals surface area contributed by atoms with E-state index in [1.807, 2.05) is 0 Å². The number of aromatic nitrogens is 1. The van der Waals surface area contributed by atoms with E-state index >= 15 is 0 Å². The van der Waals surface area contributed by atoms with Crippen molar-refractivity contribution in [1.82, 2.24) is 5.16 Å². The summed E-state index contributed by atoms with van der Waals surface area (Å²) in [5.41, 5.74) is 0.313. The topological polar surface area (TPSA) is 69.4 Å². The Hall–Kier alpha value is -1.27. The number of rotatable bonds is 2. The highest BCUT2D eigenvalue weighted by Gasteiger charge is 2.14. The van der Waals surface area contributed by atoms with Gasteiger partial charge in [0.15, 0.2) is 5.58 Å². The molecule has 0 radical (unpaired) electrons. The Kier molecular flexibility index (Phi) is 2.32. The van der Waals surface area contributed by atoms with Gasteiger partial charge in [-0.1, -0.05) is 0 Å². The highest BCUT2D eigenvalue weighted by Crippen LogP contribution is 2.27. The summed E-state index contributed by atoms with van der Waals surface area (Å²) in [6.45, 7) is 0. The molecule has 2 rings (SSSR count). The van der Waals surface area contributed by atoms with Crippen molar-refractivity contribution in [1.29, 1.82) is 0 Å². The average molecular weight is 248 g/mol. The number of ether oxygens (including phenoxy) is 1. The number of nitrogens with zero attached hydrogens (tertiary/aromatic N) is 1. The van der Waals surface area contributed by atoms with Crippen LogP contribution < -0.4 is 4.74 Å². The van der Waals surface area contributed by atoms with Gasteiger partial charge in [0.25, 0.3) is 14.9 Å². The van der Waals surface area contributed by atoms with Crippen molar-refractivity contribution in [3.05, 3.63) is 18.2 Å². The lowest BCUT2D eigenvalue weighted by Gasteiger charge is -1.95. The quantitative estimate of drug-likeness (QED) is 0.757. The van der Waals surface area contributed by atoms with Crippen molar-refractivity contribution in [2.75, 3.05) is 7.11 Å². The van der Waals surface area contributed by atoms with Gasteiger partial charge in [0.2, 0.25) is 0 Å². The minimum absolute atomic E-state index is 0.0320. The van der Waals surface area contributed by atoms with Gasteiger partial charge in [-0.15, -0.1) is 0 Å². The molecule has 0 aliphatic rings. The Morgan fingerprint density at radius 2 is 2.20 bits per heavy atom. The number of halogens is 1. The Morgan fingerprint density at radius 3 is 2.80 bits per heavy atom. The van der Waals surface area contributed by atoms with Crippen molar-refractivity contribution in [3.63, 3.8) is 0 Å². The van der Waals surface area contributed by atoms with Crippen LogP contribution in [-0.2, 0) is 9.05 Å². The summed E-state index contributed by atoms with van der Waals surface area (Å²) < 4.78 is 31.8. The number of methoxy groups -OCH3 is 1. The summed E-state index contributed by atoms with van der Waals surface area (Å²) in [6.07, 6.45) is 0. The molecule has 1 aromatic heterocycles. The molecule has 1 heterocycles. The van der Waals surface area contributed by atoms with E-state index < -0.39 is 9.05 Å². The van der Waals surface area contributed by atoms with Crippen LogP contribution >= 0.6 is 10.7 Å². The van der Waals surface area contributed by atoms with E-state index in [1.54, 1.807) is 0 Å². The summed E-state index contributed by atoms with van der Waals surface area (Å²) in [7, 11) is 2.88. The van der Waals surface area contributed by atoms with Gasteiger partial charge in [-0.3, -0.25) is 0 Å². The maximum absolute atomic E-state index is 11.0. The van der Waals surface area contributed by atoms with Gasteiger partial charge in [0.1, 0.15) is 0 Å². The van der Waals surface area contributed by atoms with E-state index in [4.69, 9.17) is 19.9 Å². The predicted molar refractivity (Wildman–Crippen MR) is 53.6 cm³/mol. The van der Waals surface area contributed by atoms with Crippen molar-refractivity contribution in [2.45, 2.75) is 4.90 Å². The van der Waals surface area contributed by atoms with E-state index in [0.29, 0.717) is 16.8 Å². The minimum Gasteiger partial charge on any atom is -0.478 e. The second-order valence-electron chi connectivity index (χ2n) is 2.79. The second kappa shape index (κ2) is 3.39. The number of benzene rings is 1. The zero-order valence-corrected chi connectivity index (χ0v) is 9.17. The summed E-state index contributed by atoms with van der Waals surface area (Å²) in [6, 6.07) is 4.19. The molecule has 0 aliphatic carbocycles. The Morgan fingerprint density at radius 1 is 1.47 bits per heavy atom. The Bertz CT molecular complexity index is 604. The van der Waals surface area contributed by atoms with E-state index in [0.717, 1.165) is 0 Å². The highest BCUT2D eigenvalue weighted by molar-refractivity contribution is 8.13. The normalized spacial score (nSPS) is 11.9. The van der Waals surface area contributed by atoms with Crippen LogP contribution in [0, 0.1) is 0 Å². The molecule has 1 aromatic carbocycles. The maximum Gasteiger partial charge on any atom is 0.261 e. The van der Waals surface area contributed by atoms with Gasteiger partial charge in [0, 0.05) is 16.7 Å². The van der Waals surface area contributed by atoms with Crippen LogP contribution in [0.2, 0.25) is 0 Å². The first-order valence-corrected chi connectivity index (χ1v) is 6.21. The minimum atomic E-state index is -3.75. The van der Waals surface area contributed by atoms with Crippen molar-refractivity contribution in [3.8, 4) is 5.88 Å². The molecule has 7 heteroatoms. The monoisotopic (exact) mass is 247 g/mol. The lowest BCUT2D eigenvalue weighted by molar-refractivity contribution is 0.350. The van der Waals surface area contributed by atoms with Crippen LogP contribution in [0.4, 0.5) is 0 Å². The first kappa shape index (κ1) is 10.3. The number of fused-ring (bicyclic) bond motifs is 1. The van der Waals surface area contributed by atoms with Gasteiger partial charge in [-0.05, 0) is 17.3 Å².